The summed E-state index contributed by atoms with van der Waals surface area (Å²) >= 11 is 0. The molecule has 0 bridgehead atoms. The zero-order valence-electron chi connectivity index (χ0n) is 12.4. The summed E-state index contributed by atoms with van der Waals surface area (Å²) in [6.07, 6.45) is 5.78. The third-order valence-electron chi connectivity index (χ3n) is 3.09. The Hall–Kier alpha value is -3.09. The number of rotatable bonds is 3. The summed E-state index contributed by atoms with van der Waals surface area (Å²) in [5.41, 5.74) is -0.315. The van der Waals surface area contributed by atoms with Crippen molar-refractivity contribution in [3.05, 3.63) is 59.7 Å². The number of allylic oxidation sites excluding steroid dienone is 2. The van der Waals surface area contributed by atoms with E-state index in [4.69, 9.17) is 4.74 Å². The van der Waals surface area contributed by atoms with Crippen molar-refractivity contribution in [2.45, 2.75) is 0 Å². The van der Waals surface area contributed by atoms with Gasteiger partial charge in [0.1, 0.15) is 17.3 Å². The van der Waals surface area contributed by atoms with Gasteiger partial charge in [-0.05, 0) is 24.3 Å². The van der Waals surface area contributed by atoms with Crippen molar-refractivity contribution in [1.29, 1.82) is 0 Å². The Kier molecular flexibility index (Phi) is 4.80. The fourth-order valence-electron chi connectivity index (χ4n) is 2.04. The second kappa shape index (κ2) is 6.78. The number of carbonyl (C=O) groups excluding carboxylic acids is 2. The highest BCUT2D eigenvalue weighted by atomic mass is 19.1. The van der Waals surface area contributed by atoms with E-state index in [9.17, 15) is 19.1 Å². The van der Waals surface area contributed by atoms with Gasteiger partial charge in [-0.25, -0.2) is 14.0 Å². The van der Waals surface area contributed by atoms with Gasteiger partial charge in [-0.3, -0.25) is 0 Å². The van der Waals surface area contributed by atoms with Crippen molar-refractivity contribution in [2.24, 2.45) is 0 Å². The van der Waals surface area contributed by atoms with E-state index in [1.54, 1.807) is 0 Å². The molecule has 23 heavy (non-hydrogen) atoms. The maximum atomic E-state index is 13.5. The highest BCUT2D eigenvalue weighted by Crippen LogP contribution is 2.33. The standard InChI is InChI=1S/C16H14FNO5/c1-22-15(20)11-5-3-4-8-18(14(11)16(21)23-2)12-9-10(17)6-7-13(12)19/h3-9,19H,1-2H3. The zero-order valence-corrected chi connectivity index (χ0v) is 12.4. The number of anilines is 1. The molecule has 2 rings (SSSR count). The normalized spacial score (nSPS) is 13.8. The molecular weight excluding hydrogens is 305 g/mol. The van der Waals surface area contributed by atoms with Crippen molar-refractivity contribution in [2.75, 3.05) is 19.1 Å². The first kappa shape index (κ1) is 16.3. The molecule has 0 atom stereocenters. The van der Waals surface area contributed by atoms with Crippen LogP contribution in [0.15, 0.2) is 53.9 Å². The SMILES string of the molecule is COC(=O)C1=C(C(=O)OC)N(c2cc(F)ccc2O)C=CC=C1. The number of hydrogen-bond acceptors (Lipinski definition) is 6. The first-order valence-corrected chi connectivity index (χ1v) is 6.53. The summed E-state index contributed by atoms with van der Waals surface area (Å²) in [7, 11) is 2.31. The average Bonchev–Trinajstić information content (AvgIpc) is 2.78. The third kappa shape index (κ3) is 3.23. The Bertz CT molecular complexity index is 736. The van der Waals surface area contributed by atoms with Crippen LogP contribution in [-0.2, 0) is 19.1 Å². The number of aromatic hydroxyl groups is 1. The molecule has 7 heteroatoms. The topological polar surface area (TPSA) is 76.1 Å². The van der Waals surface area contributed by atoms with E-state index in [0.717, 1.165) is 30.2 Å². The van der Waals surface area contributed by atoms with Gasteiger partial charge in [-0.2, -0.15) is 0 Å². The third-order valence-corrected chi connectivity index (χ3v) is 3.09. The Morgan fingerprint density at radius 1 is 1.13 bits per heavy atom. The summed E-state index contributed by atoms with van der Waals surface area (Å²) in [5.74, 6) is -2.51. The minimum absolute atomic E-state index is 0.0215. The van der Waals surface area contributed by atoms with E-state index < -0.39 is 17.8 Å². The molecule has 0 fully saturated rings. The van der Waals surface area contributed by atoms with E-state index in [0.29, 0.717) is 0 Å². The second-order valence-electron chi connectivity index (χ2n) is 4.45. The predicted molar refractivity (Wildman–Crippen MR) is 79.9 cm³/mol. The molecule has 6 nitrogen and oxygen atoms in total. The molecule has 1 N–H and O–H groups in total. The predicted octanol–water partition coefficient (Wildman–Crippen LogP) is 2.02. The van der Waals surface area contributed by atoms with Gasteiger partial charge in [0.05, 0.1) is 25.5 Å². The highest BCUT2D eigenvalue weighted by molar-refractivity contribution is 6.05. The second-order valence-corrected chi connectivity index (χ2v) is 4.45. The molecule has 120 valence electrons. The molecule has 0 amide bonds. The monoisotopic (exact) mass is 319 g/mol. The lowest BCUT2D eigenvalue weighted by Crippen LogP contribution is -2.27. The van der Waals surface area contributed by atoms with Crippen LogP contribution in [0.4, 0.5) is 10.1 Å². The van der Waals surface area contributed by atoms with Gasteiger partial charge in [0.15, 0.2) is 0 Å². The van der Waals surface area contributed by atoms with E-state index in [1.165, 1.54) is 31.5 Å². The van der Waals surface area contributed by atoms with Gasteiger partial charge in [0.2, 0.25) is 0 Å². The molecule has 0 saturated heterocycles. The lowest BCUT2D eigenvalue weighted by atomic mass is 10.1. The van der Waals surface area contributed by atoms with Crippen LogP contribution in [0.3, 0.4) is 0 Å². The molecule has 1 aromatic carbocycles. The summed E-state index contributed by atoms with van der Waals surface area (Å²) < 4.78 is 22.9. The lowest BCUT2D eigenvalue weighted by Gasteiger charge is -2.23. The van der Waals surface area contributed by atoms with E-state index in [1.807, 2.05) is 0 Å². The highest BCUT2D eigenvalue weighted by Gasteiger charge is 2.28. The molecule has 0 radical (unpaired) electrons. The largest absolute Gasteiger partial charge is 0.506 e. The lowest BCUT2D eigenvalue weighted by molar-refractivity contribution is -0.139. The van der Waals surface area contributed by atoms with E-state index in [-0.39, 0.29) is 22.7 Å². The molecular formula is C16H14FNO5. The molecule has 0 spiro atoms. The van der Waals surface area contributed by atoms with Crippen molar-refractivity contribution >= 4 is 17.6 Å². The van der Waals surface area contributed by atoms with Gasteiger partial charge < -0.3 is 19.5 Å². The first-order chi connectivity index (χ1) is 11.0. The van der Waals surface area contributed by atoms with Gasteiger partial charge in [0, 0.05) is 12.3 Å². The minimum Gasteiger partial charge on any atom is -0.506 e. The molecule has 1 aromatic rings. The van der Waals surface area contributed by atoms with Crippen LogP contribution in [0.25, 0.3) is 0 Å². The summed E-state index contributed by atoms with van der Waals surface area (Å²) in [5, 5.41) is 9.98. The Morgan fingerprint density at radius 2 is 1.83 bits per heavy atom. The smallest absolute Gasteiger partial charge is 0.355 e. The summed E-state index contributed by atoms with van der Waals surface area (Å²) in [6.45, 7) is 0. The number of ether oxygens (including phenoxy) is 2. The van der Waals surface area contributed by atoms with Gasteiger partial charge >= 0.3 is 11.9 Å². The van der Waals surface area contributed by atoms with Crippen LogP contribution in [0.5, 0.6) is 5.75 Å². The van der Waals surface area contributed by atoms with Crippen molar-refractivity contribution in [3.8, 4) is 5.75 Å². The van der Waals surface area contributed by atoms with Crippen molar-refractivity contribution in [3.63, 3.8) is 0 Å². The number of carbonyl (C=O) groups is 2. The van der Waals surface area contributed by atoms with E-state index in [2.05, 4.69) is 4.74 Å². The molecule has 0 aliphatic carbocycles. The molecule has 0 aromatic heterocycles. The first-order valence-electron chi connectivity index (χ1n) is 6.53. The number of hydrogen-bond donors (Lipinski definition) is 1. The number of phenolic OH excluding ortho intramolecular Hbond substituents is 1. The van der Waals surface area contributed by atoms with Crippen molar-refractivity contribution in [1.82, 2.24) is 0 Å². The van der Waals surface area contributed by atoms with Crippen LogP contribution in [0.1, 0.15) is 0 Å². The Morgan fingerprint density at radius 3 is 2.48 bits per heavy atom. The zero-order chi connectivity index (χ0) is 17.0. The number of nitrogens with zero attached hydrogens (tertiary/aromatic N) is 1. The number of halogens is 1. The van der Waals surface area contributed by atoms with Gasteiger partial charge in [0.25, 0.3) is 0 Å². The summed E-state index contributed by atoms with van der Waals surface area (Å²) in [6, 6.07) is 3.24. The Balaban J connectivity index is 2.71. The molecule has 1 aliphatic heterocycles. The molecule has 1 aliphatic rings. The fourth-order valence-corrected chi connectivity index (χ4v) is 2.04. The van der Waals surface area contributed by atoms with E-state index >= 15 is 0 Å². The summed E-state index contributed by atoms with van der Waals surface area (Å²) in [4.78, 5) is 25.3. The van der Waals surface area contributed by atoms with Gasteiger partial charge in [-0.1, -0.05) is 6.08 Å². The quantitative estimate of drug-likeness (QED) is 0.859. The minimum atomic E-state index is -0.842. The molecule has 0 saturated carbocycles. The maximum Gasteiger partial charge on any atom is 0.355 e. The van der Waals surface area contributed by atoms with Crippen LogP contribution in [0, 0.1) is 5.82 Å². The Labute approximate surface area is 131 Å². The van der Waals surface area contributed by atoms with Crippen LogP contribution < -0.4 is 4.90 Å². The number of phenols is 1. The fraction of sp³-hybridized carbons (Fsp3) is 0.125. The van der Waals surface area contributed by atoms with Crippen LogP contribution in [-0.4, -0.2) is 31.3 Å². The van der Waals surface area contributed by atoms with Gasteiger partial charge in [-0.15, -0.1) is 0 Å². The van der Waals surface area contributed by atoms with Crippen LogP contribution >= 0.6 is 0 Å². The van der Waals surface area contributed by atoms with Crippen LogP contribution in [0.2, 0.25) is 0 Å². The number of esters is 2. The maximum absolute atomic E-state index is 13.5. The molecule has 1 heterocycles. The molecule has 0 unspecified atom stereocenters. The number of methoxy groups -OCH3 is 2. The average molecular weight is 319 g/mol. The number of benzene rings is 1. The van der Waals surface area contributed by atoms with Crippen molar-refractivity contribution < 1.29 is 28.6 Å².